The summed E-state index contributed by atoms with van der Waals surface area (Å²) in [6.45, 7) is 4.35. The van der Waals surface area contributed by atoms with Crippen molar-refractivity contribution in [2.24, 2.45) is 0 Å². The van der Waals surface area contributed by atoms with Gasteiger partial charge >= 0.3 is 5.97 Å². The molecule has 1 aromatic carbocycles. The Hall–Kier alpha value is -2.29. The number of hydrogen-bond acceptors (Lipinski definition) is 7. The topological polar surface area (TPSA) is 104 Å². The molecule has 0 aliphatic carbocycles. The molecular weight excluding hydrogens is 332 g/mol. The van der Waals surface area contributed by atoms with Crippen molar-refractivity contribution < 1.29 is 17.9 Å². The van der Waals surface area contributed by atoms with Gasteiger partial charge in [0.25, 0.3) is 0 Å². The van der Waals surface area contributed by atoms with Crippen LogP contribution in [0.15, 0.2) is 23.1 Å². The minimum atomic E-state index is -3.39. The summed E-state index contributed by atoms with van der Waals surface area (Å²) >= 11 is 0. The number of carbonyl (C=O) groups excluding carboxylic acids is 1. The van der Waals surface area contributed by atoms with E-state index >= 15 is 0 Å². The molecule has 1 heterocycles. The highest BCUT2D eigenvalue weighted by molar-refractivity contribution is 7.90. The number of hydrogen-bond donors (Lipinski definition) is 0. The molecule has 8 nitrogen and oxygen atoms in total. The molecule has 1 aromatic heterocycles. The van der Waals surface area contributed by atoms with Gasteiger partial charge in [-0.15, -0.1) is 5.10 Å². The summed E-state index contributed by atoms with van der Waals surface area (Å²) in [5.41, 5.74) is 0.850. The molecule has 0 fully saturated rings. The Morgan fingerprint density at radius 1 is 1.33 bits per heavy atom. The Morgan fingerprint density at radius 2 is 2.08 bits per heavy atom. The zero-order chi connectivity index (χ0) is 17.7. The van der Waals surface area contributed by atoms with Crippen LogP contribution in [0.3, 0.4) is 0 Å². The van der Waals surface area contributed by atoms with Crippen LogP contribution in [0.4, 0.5) is 0 Å². The van der Waals surface area contributed by atoms with Gasteiger partial charge in [-0.25, -0.2) is 17.9 Å². The van der Waals surface area contributed by atoms with Crippen LogP contribution >= 0.6 is 0 Å². The average molecular weight is 352 g/mol. The fourth-order valence-corrected chi connectivity index (χ4v) is 2.71. The molecule has 9 heteroatoms. The van der Waals surface area contributed by atoms with Gasteiger partial charge < -0.3 is 4.74 Å². The molecule has 24 heavy (non-hydrogen) atoms. The number of esters is 1. The smallest absolute Gasteiger partial charge is 0.338 e. The number of carbonyl (C=O) groups is 1. The first-order chi connectivity index (χ1) is 11.3. The number of tetrazole rings is 1. The molecule has 130 valence electrons. The number of unbranched alkanes of at least 4 members (excludes halogenated alkanes) is 1. The van der Waals surface area contributed by atoms with Crippen LogP contribution in [0.1, 0.15) is 41.5 Å². The number of benzene rings is 1. The molecule has 0 saturated carbocycles. The highest BCUT2D eigenvalue weighted by Crippen LogP contribution is 2.17. The molecule has 0 amide bonds. The largest absolute Gasteiger partial charge is 0.454 e. The molecule has 0 radical (unpaired) electrons. The summed E-state index contributed by atoms with van der Waals surface area (Å²) in [5.74, 6) is -0.156. The van der Waals surface area contributed by atoms with Crippen LogP contribution in [0.25, 0.3) is 0 Å². The van der Waals surface area contributed by atoms with E-state index in [1.165, 1.54) is 12.1 Å². The standard InChI is InChI=1S/C15H20N4O4S/c1-4-5-8-19-14(16-17-18-19)10-23-15(20)13-9-12(24(3,21)22)7-6-11(13)2/h6-7,9H,4-5,8,10H2,1-3H3. The molecule has 0 atom stereocenters. The molecule has 0 N–H and O–H groups in total. The monoisotopic (exact) mass is 352 g/mol. The van der Waals surface area contributed by atoms with Crippen LogP contribution in [0, 0.1) is 6.92 Å². The van der Waals surface area contributed by atoms with E-state index in [-0.39, 0.29) is 17.1 Å². The summed E-state index contributed by atoms with van der Waals surface area (Å²) in [4.78, 5) is 12.3. The zero-order valence-corrected chi connectivity index (χ0v) is 14.7. The van der Waals surface area contributed by atoms with E-state index in [9.17, 15) is 13.2 Å². The second-order valence-corrected chi connectivity index (χ2v) is 7.51. The van der Waals surface area contributed by atoms with Crippen molar-refractivity contribution in [2.45, 2.75) is 44.7 Å². The lowest BCUT2D eigenvalue weighted by atomic mass is 10.1. The van der Waals surface area contributed by atoms with Gasteiger partial charge in [-0.3, -0.25) is 0 Å². The van der Waals surface area contributed by atoms with Gasteiger partial charge in [0.2, 0.25) is 0 Å². The normalized spacial score (nSPS) is 11.5. The van der Waals surface area contributed by atoms with Crippen molar-refractivity contribution in [3.8, 4) is 0 Å². The minimum absolute atomic E-state index is 0.0713. The summed E-state index contributed by atoms with van der Waals surface area (Å²) in [7, 11) is -3.39. The number of nitrogens with zero attached hydrogens (tertiary/aromatic N) is 4. The maximum absolute atomic E-state index is 12.3. The van der Waals surface area contributed by atoms with E-state index in [0.717, 1.165) is 19.1 Å². The van der Waals surface area contributed by atoms with Crippen LogP contribution in [0.2, 0.25) is 0 Å². The molecule has 0 aliphatic heterocycles. The van der Waals surface area contributed by atoms with Gasteiger partial charge in [0.15, 0.2) is 22.3 Å². The maximum atomic E-state index is 12.3. The second-order valence-electron chi connectivity index (χ2n) is 5.50. The molecule has 0 spiro atoms. The summed E-state index contributed by atoms with van der Waals surface area (Å²) in [6, 6.07) is 4.37. The van der Waals surface area contributed by atoms with Crippen molar-refractivity contribution in [2.75, 3.05) is 6.26 Å². The first-order valence-electron chi connectivity index (χ1n) is 7.55. The Labute approximate surface area is 140 Å². The molecule has 2 rings (SSSR count). The van der Waals surface area contributed by atoms with Gasteiger partial charge in [0.05, 0.1) is 10.5 Å². The van der Waals surface area contributed by atoms with E-state index in [2.05, 4.69) is 22.4 Å². The predicted octanol–water partition coefficient (Wildman–Crippen LogP) is 1.54. The van der Waals surface area contributed by atoms with Crippen LogP contribution in [-0.2, 0) is 27.7 Å². The highest BCUT2D eigenvalue weighted by Gasteiger charge is 2.17. The van der Waals surface area contributed by atoms with Gasteiger partial charge in [0, 0.05) is 12.8 Å². The molecular formula is C15H20N4O4S. The Balaban J connectivity index is 2.12. The molecule has 0 bridgehead atoms. The fraction of sp³-hybridized carbons (Fsp3) is 0.467. The van der Waals surface area contributed by atoms with E-state index < -0.39 is 15.8 Å². The summed E-state index contributed by atoms with van der Waals surface area (Å²) < 4.78 is 30.1. The zero-order valence-electron chi connectivity index (χ0n) is 13.9. The number of ether oxygens (including phenoxy) is 1. The van der Waals surface area contributed by atoms with Crippen molar-refractivity contribution in [3.05, 3.63) is 35.2 Å². The van der Waals surface area contributed by atoms with Crippen molar-refractivity contribution >= 4 is 15.8 Å². The third kappa shape index (κ3) is 4.38. The van der Waals surface area contributed by atoms with E-state index in [1.807, 2.05) is 0 Å². The Bertz CT molecular complexity index is 830. The average Bonchev–Trinajstić information content (AvgIpc) is 2.97. The number of sulfone groups is 1. The minimum Gasteiger partial charge on any atom is -0.454 e. The maximum Gasteiger partial charge on any atom is 0.338 e. The molecule has 0 aliphatic rings. The summed E-state index contributed by atoms with van der Waals surface area (Å²) in [5, 5.41) is 11.3. The quantitative estimate of drug-likeness (QED) is 0.696. The van der Waals surface area contributed by atoms with Crippen molar-refractivity contribution in [1.29, 1.82) is 0 Å². The molecule has 2 aromatic rings. The fourth-order valence-electron chi connectivity index (χ4n) is 2.07. The van der Waals surface area contributed by atoms with Gasteiger partial charge in [-0.05, 0) is 41.5 Å². The number of aryl methyl sites for hydroxylation is 2. The first-order valence-corrected chi connectivity index (χ1v) is 9.45. The lowest BCUT2D eigenvalue weighted by Crippen LogP contribution is -2.12. The van der Waals surface area contributed by atoms with Crippen LogP contribution in [-0.4, -0.2) is 40.9 Å². The Kier molecular flexibility index (Phi) is 5.66. The third-order valence-electron chi connectivity index (χ3n) is 3.52. The lowest BCUT2D eigenvalue weighted by Gasteiger charge is -2.09. The van der Waals surface area contributed by atoms with E-state index in [4.69, 9.17) is 4.74 Å². The summed E-state index contributed by atoms with van der Waals surface area (Å²) in [6.07, 6.45) is 3.01. The van der Waals surface area contributed by atoms with E-state index in [0.29, 0.717) is 17.9 Å². The SMILES string of the molecule is CCCCn1nnnc1COC(=O)c1cc(S(C)(=O)=O)ccc1C. The van der Waals surface area contributed by atoms with Gasteiger partial charge in [-0.2, -0.15) is 0 Å². The lowest BCUT2D eigenvalue weighted by molar-refractivity contribution is 0.0455. The third-order valence-corrected chi connectivity index (χ3v) is 4.63. The van der Waals surface area contributed by atoms with Gasteiger partial charge in [0.1, 0.15) is 0 Å². The van der Waals surface area contributed by atoms with Crippen molar-refractivity contribution in [3.63, 3.8) is 0 Å². The number of rotatable bonds is 7. The Morgan fingerprint density at radius 3 is 2.75 bits per heavy atom. The second kappa shape index (κ2) is 7.52. The van der Waals surface area contributed by atoms with Crippen LogP contribution < -0.4 is 0 Å². The van der Waals surface area contributed by atoms with Crippen molar-refractivity contribution in [1.82, 2.24) is 20.2 Å². The van der Waals surface area contributed by atoms with Crippen LogP contribution in [0.5, 0.6) is 0 Å². The molecule has 0 saturated heterocycles. The van der Waals surface area contributed by atoms with E-state index in [1.54, 1.807) is 17.7 Å². The predicted molar refractivity (Wildman–Crippen MR) is 86.1 cm³/mol. The number of aromatic nitrogens is 4. The van der Waals surface area contributed by atoms with Gasteiger partial charge in [-0.1, -0.05) is 19.4 Å². The first kappa shape index (κ1) is 18.1. The highest BCUT2D eigenvalue weighted by atomic mass is 32.2. The molecule has 0 unspecified atom stereocenters.